The predicted molar refractivity (Wildman–Crippen MR) is 197 cm³/mol. The van der Waals surface area contributed by atoms with Crippen LogP contribution in [-0.4, -0.2) is 69.7 Å². The van der Waals surface area contributed by atoms with Gasteiger partial charge in [0.2, 0.25) is 11.9 Å². The van der Waals surface area contributed by atoms with Crippen molar-refractivity contribution in [3.63, 3.8) is 0 Å². The number of rotatable bonds is 18. The number of H-pyrrole nitrogens is 2. The summed E-state index contributed by atoms with van der Waals surface area (Å²) in [5.74, 6) is -2.20. The number of carboxylic acids is 1. The Morgan fingerprint density at radius 3 is 2.04 bits per heavy atom. The Kier molecular flexibility index (Phi) is 12.1. The summed E-state index contributed by atoms with van der Waals surface area (Å²) < 4.78 is 5.98. The number of aliphatic carboxylic acids is 1. The third-order valence-corrected chi connectivity index (χ3v) is 9.36. The summed E-state index contributed by atoms with van der Waals surface area (Å²) >= 11 is 0. The zero-order valence-corrected chi connectivity index (χ0v) is 29.2. The van der Waals surface area contributed by atoms with Crippen molar-refractivity contribution in [3.8, 4) is 5.75 Å². The molecule has 0 aliphatic carbocycles. The number of carbonyl (C=O) groups excluding carboxylic acids is 2. The molecule has 0 bridgehead atoms. The molecule has 0 saturated heterocycles. The lowest BCUT2D eigenvalue weighted by atomic mass is 9.91. The minimum Gasteiger partial charge on any atom is -0.497 e. The molecule has 0 fully saturated rings. The second kappa shape index (κ2) is 16.9. The Morgan fingerprint density at radius 1 is 0.882 bits per heavy atom. The molecule has 0 aliphatic heterocycles. The summed E-state index contributed by atoms with van der Waals surface area (Å²) in [7, 11) is 1.63. The molecule has 4 N–H and O–H groups in total. The first-order valence-corrected chi connectivity index (χ1v) is 17.2. The molecule has 1 atom stereocenters. The van der Waals surface area contributed by atoms with Crippen LogP contribution in [0.15, 0.2) is 89.7 Å². The molecule has 51 heavy (non-hydrogen) atoms. The van der Waals surface area contributed by atoms with Crippen molar-refractivity contribution in [1.29, 1.82) is 0 Å². The van der Waals surface area contributed by atoms with Crippen LogP contribution in [0.3, 0.4) is 0 Å². The zero-order valence-electron chi connectivity index (χ0n) is 29.2. The number of methoxy groups -OCH3 is 1. The number of nitrogens with one attached hydrogen (secondary N) is 3. The maximum atomic E-state index is 14.0. The molecule has 0 spiro atoms. The van der Waals surface area contributed by atoms with Crippen LogP contribution in [0, 0.1) is 11.8 Å². The Morgan fingerprint density at radius 2 is 1.49 bits per heavy atom. The first-order chi connectivity index (χ1) is 24.6. The third kappa shape index (κ3) is 9.55. The second-order valence-electron chi connectivity index (χ2n) is 13.2. The van der Waals surface area contributed by atoms with Crippen LogP contribution in [0.25, 0.3) is 11.0 Å². The third-order valence-electron chi connectivity index (χ3n) is 9.36. The van der Waals surface area contributed by atoms with Gasteiger partial charge in [-0.25, -0.2) is 0 Å². The maximum absolute atomic E-state index is 14.0. The van der Waals surface area contributed by atoms with Crippen molar-refractivity contribution in [1.82, 2.24) is 24.6 Å². The van der Waals surface area contributed by atoms with Crippen LogP contribution in [0.2, 0.25) is 0 Å². The van der Waals surface area contributed by atoms with Crippen molar-refractivity contribution >= 4 is 40.3 Å². The van der Waals surface area contributed by atoms with E-state index in [0.29, 0.717) is 17.4 Å². The van der Waals surface area contributed by atoms with Crippen LogP contribution in [0.4, 0.5) is 11.6 Å². The Bertz CT molecular complexity index is 1950. The van der Waals surface area contributed by atoms with Crippen LogP contribution >= 0.6 is 0 Å². The molecule has 2 heterocycles. The molecule has 2 aromatic heterocycles. The largest absolute Gasteiger partial charge is 0.497 e. The molecule has 12 heteroatoms. The smallest absolute Gasteiger partial charge is 0.304 e. The van der Waals surface area contributed by atoms with Crippen LogP contribution < -0.4 is 20.1 Å². The van der Waals surface area contributed by atoms with Crippen LogP contribution in [0.5, 0.6) is 5.75 Å². The minimum absolute atomic E-state index is 0.0435. The number of hydrogen-bond donors (Lipinski definition) is 4. The van der Waals surface area contributed by atoms with E-state index in [1.54, 1.807) is 21.0 Å². The summed E-state index contributed by atoms with van der Waals surface area (Å²) in [6, 6.07) is 28.4. The van der Waals surface area contributed by atoms with Gasteiger partial charge < -0.3 is 9.84 Å². The number of carbonyl (C=O) groups is 3. The number of ether oxygens (including phenoxy) is 1. The fourth-order valence-electron chi connectivity index (χ4n) is 6.34. The van der Waals surface area contributed by atoms with E-state index in [2.05, 4.69) is 61.9 Å². The quantitative estimate of drug-likeness (QED) is 0.0894. The first kappa shape index (κ1) is 36.7. The number of amides is 1. The molecule has 0 saturated carbocycles. The van der Waals surface area contributed by atoms with E-state index in [1.807, 2.05) is 48.5 Å². The van der Waals surface area contributed by atoms with Crippen molar-refractivity contribution in [2.75, 3.05) is 32.1 Å². The Balaban J connectivity index is 1.44. The van der Waals surface area contributed by atoms with E-state index in [1.165, 1.54) is 11.1 Å². The lowest BCUT2D eigenvalue weighted by Gasteiger charge is -2.39. The standard InChI is InChI=1S/C39H44N6O6/c1-26(2)37(49)41-39-40-36-35(38(50)42-39)32(43-44-36)25-33(46)29(24-34(47)48)20-23-45(21-18-27-10-6-4-7-11-27,22-19-28-12-8-5-9-13-28)30-14-16-31(51-3)17-15-30/h4-17,26,29H,18-25H2,1-3H3,(H3-,40,41,42,43,44,47,48,49,50)/p+1. The fourth-order valence-corrected chi connectivity index (χ4v) is 6.34. The van der Waals surface area contributed by atoms with E-state index in [0.717, 1.165) is 37.4 Å². The van der Waals surface area contributed by atoms with Gasteiger partial charge >= 0.3 is 5.97 Å². The Labute approximate surface area is 296 Å². The highest BCUT2D eigenvalue weighted by atomic mass is 16.5. The van der Waals surface area contributed by atoms with Crippen molar-refractivity contribution in [2.45, 2.75) is 46.0 Å². The number of nitrogens with zero attached hydrogens (tertiary/aromatic N) is 3. The van der Waals surface area contributed by atoms with Gasteiger partial charge in [-0.3, -0.25) is 39.1 Å². The van der Waals surface area contributed by atoms with E-state index >= 15 is 0 Å². The van der Waals surface area contributed by atoms with Gasteiger partial charge in [0.25, 0.3) is 5.56 Å². The molecule has 5 rings (SSSR count). The first-order valence-electron chi connectivity index (χ1n) is 17.2. The average Bonchev–Trinajstić information content (AvgIpc) is 3.54. The number of ketones is 1. The van der Waals surface area contributed by atoms with Gasteiger partial charge in [-0.1, -0.05) is 74.5 Å². The number of carboxylic acid groups (broad SMARTS) is 1. The van der Waals surface area contributed by atoms with Crippen LogP contribution in [0.1, 0.15) is 43.5 Å². The number of aromatic amines is 2. The van der Waals surface area contributed by atoms with Crippen LogP contribution in [-0.2, 0) is 33.6 Å². The summed E-state index contributed by atoms with van der Waals surface area (Å²) in [4.78, 5) is 58.1. The molecule has 3 aromatic carbocycles. The van der Waals surface area contributed by atoms with Gasteiger partial charge in [0.05, 0.1) is 38.9 Å². The normalized spacial score (nSPS) is 12.2. The monoisotopic (exact) mass is 693 g/mol. The van der Waals surface area contributed by atoms with Gasteiger partial charge in [0, 0.05) is 49.7 Å². The highest BCUT2D eigenvalue weighted by Crippen LogP contribution is 2.30. The molecular formula is C39H45N6O6+. The number of hydrogen-bond acceptors (Lipinski definition) is 7. The summed E-state index contributed by atoms with van der Waals surface area (Å²) in [5.41, 5.74) is 3.13. The predicted octanol–water partition coefficient (Wildman–Crippen LogP) is 5.33. The summed E-state index contributed by atoms with van der Waals surface area (Å²) in [5, 5.41) is 19.5. The molecule has 266 valence electrons. The number of benzene rings is 3. The van der Waals surface area contributed by atoms with E-state index in [-0.39, 0.29) is 53.1 Å². The maximum Gasteiger partial charge on any atom is 0.304 e. The topological polar surface area (TPSA) is 167 Å². The number of quaternary nitrogens is 1. The van der Waals surface area contributed by atoms with Gasteiger partial charge in [-0.05, 0) is 23.3 Å². The molecule has 12 nitrogen and oxygen atoms in total. The lowest BCUT2D eigenvalue weighted by molar-refractivity contribution is -0.140. The van der Waals surface area contributed by atoms with Crippen molar-refractivity contribution < 1.29 is 24.2 Å². The fraction of sp³-hybridized carbons (Fsp3) is 0.333. The lowest BCUT2D eigenvalue weighted by Crippen LogP contribution is -2.53. The van der Waals surface area contributed by atoms with Crippen molar-refractivity contribution in [3.05, 3.63) is 112 Å². The van der Waals surface area contributed by atoms with Gasteiger partial charge in [-0.15, -0.1) is 0 Å². The average molecular weight is 694 g/mol. The van der Waals surface area contributed by atoms with Crippen molar-refractivity contribution in [2.24, 2.45) is 11.8 Å². The highest BCUT2D eigenvalue weighted by molar-refractivity contribution is 5.92. The molecule has 0 radical (unpaired) electrons. The van der Waals surface area contributed by atoms with Gasteiger partial charge in [0.1, 0.15) is 22.6 Å². The molecule has 0 aliphatic rings. The minimum atomic E-state index is -1.08. The highest BCUT2D eigenvalue weighted by Gasteiger charge is 2.34. The zero-order chi connectivity index (χ0) is 36.4. The number of aromatic nitrogens is 4. The summed E-state index contributed by atoms with van der Waals surface area (Å²) in [6.45, 7) is 5.37. The molecule has 1 unspecified atom stereocenters. The van der Waals surface area contributed by atoms with Gasteiger partial charge in [-0.2, -0.15) is 10.1 Å². The Hall–Kier alpha value is -5.62. The molecular weight excluding hydrogens is 648 g/mol. The van der Waals surface area contributed by atoms with Gasteiger partial charge in [0.15, 0.2) is 5.65 Å². The number of anilines is 1. The van der Waals surface area contributed by atoms with E-state index in [9.17, 15) is 24.3 Å². The number of fused-ring (bicyclic) bond motifs is 1. The SMILES string of the molecule is COc1ccc([N+](CCc2ccccc2)(CCc2ccccc2)CCC(CC(=O)O)C(=O)Cc2[nH]nc3nc(NC(=O)C(C)C)[nH]c(=O)c23)cc1. The number of Topliss-reactive ketones (excluding diaryl/α,β-unsaturated/α-hetero) is 1. The second-order valence-corrected chi connectivity index (χ2v) is 13.2. The van der Waals surface area contributed by atoms with E-state index < -0.39 is 17.4 Å². The summed E-state index contributed by atoms with van der Waals surface area (Å²) in [6.07, 6.45) is 1.26. The molecule has 1 amide bonds. The van der Waals surface area contributed by atoms with E-state index in [4.69, 9.17) is 4.74 Å². The molecule has 5 aromatic rings.